The minimum absolute atomic E-state index is 0.0281. The molecule has 138 valence electrons. The van der Waals surface area contributed by atoms with Crippen molar-refractivity contribution >= 4 is 22.1 Å². The molecule has 1 aliphatic heterocycles. The third-order valence-corrected chi connectivity index (χ3v) is 4.69. The number of hydrogen-bond acceptors (Lipinski definition) is 6. The topological polar surface area (TPSA) is 111 Å². The molecule has 0 aromatic heterocycles. The zero-order valence-corrected chi connectivity index (χ0v) is 15.3. The van der Waals surface area contributed by atoms with Crippen LogP contribution in [0.4, 0.5) is 4.79 Å². The summed E-state index contributed by atoms with van der Waals surface area (Å²) in [5.74, 6) is -0.424. The van der Waals surface area contributed by atoms with Crippen LogP contribution in [0, 0.1) is 6.92 Å². The van der Waals surface area contributed by atoms with Crippen LogP contribution in [0.2, 0.25) is 0 Å². The number of nitrogens with one attached hydrogen (secondary N) is 2. The summed E-state index contributed by atoms with van der Waals surface area (Å²) in [5, 5.41) is 4.90. The molecule has 1 aromatic carbocycles. The Kier molecular flexibility index (Phi) is 5.38. The van der Waals surface area contributed by atoms with Crippen molar-refractivity contribution in [3.63, 3.8) is 0 Å². The van der Waals surface area contributed by atoms with Gasteiger partial charge >= 0.3 is 6.09 Å². The first-order chi connectivity index (χ1) is 11.5. The van der Waals surface area contributed by atoms with Gasteiger partial charge in [0.2, 0.25) is 5.91 Å². The highest BCUT2D eigenvalue weighted by atomic mass is 32.2. The van der Waals surface area contributed by atoms with E-state index >= 15 is 0 Å². The number of rotatable bonds is 5. The molecule has 8 nitrogen and oxygen atoms in total. The highest BCUT2D eigenvalue weighted by Gasteiger charge is 2.42. The maximum Gasteiger partial charge on any atom is 0.408 e. The Bertz CT molecular complexity index is 752. The van der Waals surface area contributed by atoms with Crippen LogP contribution >= 0.6 is 0 Å². The fourth-order valence-electron chi connectivity index (χ4n) is 2.12. The van der Waals surface area contributed by atoms with E-state index in [-0.39, 0.29) is 11.5 Å². The highest BCUT2D eigenvalue weighted by Crippen LogP contribution is 2.16. The minimum Gasteiger partial charge on any atom is -0.444 e. The Hall–Kier alpha value is -2.13. The van der Waals surface area contributed by atoms with Crippen LogP contribution in [0.1, 0.15) is 26.3 Å². The SMILES string of the molecule is Cc1ccc(S(=O)(=O)OCC2NC(=O)C2NC(=O)OC(C)(C)C)cc1. The van der Waals surface area contributed by atoms with Crippen molar-refractivity contribution in [1.82, 2.24) is 10.6 Å². The summed E-state index contributed by atoms with van der Waals surface area (Å²) in [4.78, 5) is 23.4. The lowest BCUT2D eigenvalue weighted by atomic mass is 10.0. The van der Waals surface area contributed by atoms with Crippen molar-refractivity contribution in [3.05, 3.63) is 29.8 Å². The van der Waals surface area contributed by atoms with Gasteiger partial charge in [-0.1, -0.05) is 17.7 Å². The second-order valence-corrected chi connectivity index (χ2v) is 8.41. The lowest BCUT2D eigenvalue weighted by molar-refractivity contribution is -0.132. The van der Waals surface area contributed by atoms with Crippen LogP contribution < -0.4 is 10.6 Å². The van der Waals surface area contributed by atoms with Crippen molar-refractivity contribution < 1.29 is 26.9 Å². The van der Waals surface area contributed by atoms with E-state index in [1.54, 1.807) is 32.9 Å². The van der Waals surface area contributed by atoms with Gasteiger partial charge in [-0.2, -0.15) is 8.42 Å². The molecule has 1 aliphatic rings. The van der Waals surface area contributed by atoms with E-state index in [9.17, 15) is 18.0 Å². The molecule has 2 N–H and O–H groups in total. The van der Waals surface area contributed by atoms with E-state index in [1.165, 1.54) is 12.1 Å². The van der Waals surface area contributed by atoms with Gasteiger partial charge in [0, 0.05) is 0 Å². The number of amides is 2. The molecule has 0 radical (unpaired) electrons. The lowest BCUT2D eigenvalue weighted by Crippen LogP contribution is -2.70. The molecule has 2 unspecified atom stereocenters. The summed E-state index contributed by atoms with van der Waals surface area (Å²) in [6, 6.07) is 4.66. The Morgan fingerprint density at radius 3 is 2.36 bits per heavy atom. The van der Waals surface area contributed by atoms with E-state index < -0.39 is 39.8 Å². The normalized spacial score (nSPS) is 20.4. The Morgan fingerprint density at radius 2 is 1.84 bits per heavy atom. The molecular weight excluding hydrogens is 348 g/mol. The number of carbonyl (C=O) groups is 2. The van der Waals surface area contributed by atoms with Crippen molar-refractivity contribution in [3.8, 4) is 0 Å². The van der Waals surface area contributed by atoms with Gasteiger partial charge in [-0.3, -0.25) is 8.98 Å². The fraction of sp³-hybridized carbons (Fsp3) is 0.500. The molecule has 25 heavy (non-hydrogen) atoms. The second kappa shape index (κ2) is 7.01. The second-order valence-electron chi connectivity index (χ2n) is 6.79. The first-order valence-corrected chi connectivity index (χ1v) is 9.15. The number of β-lactam (4-membered cyclic amide) rings is 1. The molecule has 0 bridgehead atoms. The molecule has 2 amide bonds. The molecule has 0 saturated carbocycles. The van der Waals surface area contributed by atoms with E-state index in [1.807, 2.05) is 6.92 Å². The summed E-state index contributed by atoms with van der Waals surface area (Å²) < 4.78 is 34.3. The highest BCUT2D eigenvalue weighted by molar-refractivity contribution is 7.86. The molecule has 1 saturated heterocycles. The Labute approximate surface area is 147 Å². The van der Waals surface area contributed by atoms with E-state index in [4.69, 9.17) is 8.92 Å². The van der Waals surface area contributed by atoms with Crippen LogP contribution in [0.5, 0.6) is 0 Å². The van der Waals surface area contributed by atoms with Crippen molar-refractivity contribution in [2.75, 3.05) is 6.61 Å². The molecule has 1 aromatic rings. The average molecular weight is 370 g/mol. The van der Waals surface area contributed by atoms with E-state index in [0.717, 1.165) is 5.56 Å². The number of carbonyl (C=O) groups excluding carboxylic acids is 2. The van der Waals surface area contributed by atoms with E-state index in [0.29, 0.717) is 0 Å². The molecule has 1 fully saturated rings. The molecular formula is C16H22N2O6S. The number of ether oxygens (including phenoxy) is 1. The third kappa shape index (κ3) is 5.17. The van der Waals surface area contributed by atoms with Gasteiger partial charge in [-0.15, -0.1) is 0 Å². The monoisotopic (exact) mass is 370 g/mol. The number of benzene rings is 1. The number of alkyl carbamates (subject to hydrolysis) is 1. The van der Waals surface area contributed by atoms with Crippen molar-refractivity contribution in [2.45, 2.75) is 50.3 Å². The molecule has 0 spiro atoms. The van der Waals surface area contributed by atoms with Gasteiger partial charge in [-0.05, 0) is 39.8 Å². The van der Waals surface area contributed by atoms with Crippen molar-refractivity contribution in [2.24, 2.45) is 0 Å². The van der Waals surface area contributed by atoms with Crippen LogP contribution in [0.3, 0.4) is 0 Å². The first kappa shape index (κ1) is 19.2. The number of hydrogen-bond donors (Lipinski definition) is 2. The first-order valence-electron chi connectivity index (χ1n) is 7.74. The quantitative estimate of drug-likeness (QED) is 0.593. The average Bonchev–Trinajstić information content (AvgIpc) is 2.48. The lowest BCUT2D eigenvalue weighted by Gasteiger charge is -2.36. The summed E-state index contributed by atoms with van der Waals surface area (Å²) in [7, 11) is -3.94. The van der Waals surface area contributed by atoms with Gasteiger partial charge < -0.3 is 15.4 Å². The van der Waals surface area contributed by atoms with Gasteiger partial charge in [0.25, 0.3) is 10.1 Å². The van der Waals surface area contributed by atoms with Gasteiger partial charge in [0.05, 0.1) is 17.5 Å². The predicted octanol–water partition coefficient (Wildman–Crippen LogP) is 1.09. The standard InChI is InChI=1S/C16H22N2O6S/c1-10-5-7-11(8-6-10)25(21,22)23-9-12-13(14(19)17-12)18-15(20)24-16(2,3)4/h5-8,12-13H,9H2,1-4H3,(H,17,19)(H,18,20). The van der Waals surface area contributed by atoms with Crippen molar-refractivity contribution in [1.29, 1.82) is 0 Å². The van der Waals surface area contributed by atoms with Crippen LogP contribution in [-0.2, 0) is 23.8 Å². The smallest absolute Gasteiger partial charge is 0.408 e. The molecule has 9 heteroatoms. The Balaban J connectivity index is 1.93. The summed E-state index contributed by atoms with van der Waals surface area (Å²) in [6.45, 7) is 6.64. The number of aryl methyl sites for hydroxylation is 1. The van der Waals surface area contributed by atoms with Crippen LogP contribution in [0.25, 0.3) is 0 Å². The Morgan fingerprint density at radius 1 is 1.24 bits per heavy atom. The van der Waals surface area contributed by atoms with Crippen LogP contribution in [0.15, 0.2) is 29.2 Å². The molecule has 2 atom stereocenters. The van der Waals surface area contributed by atoms with Gasteiger partial charge in [-0.25, -0.2) is 4.79 Å². The van der Waals surface area contributed by atoms with Gasteiger partial charge in [0.1, 0.15) is 11.6 Å². The maximum atomic E-state index is 12.1. The van der Waals surface area contributed by atoms with E-state index in [2.05, 4.69) is 10.6 Å². The van der Waals surface area contributed by atoms with Gasteiger partial charge in [0.15, 0.2) is 0 Å². The third-order valence-electron chi connectivity index (χ3n) is 3.40. The van der Waals surface area contributed by atoms with Crippen LogP contribution in [-0.4, -0.2) is 44.7 Å². The zero-order chi connectivity index (χ0) is 18.8. The summed E-state index contributed by atoms with van der Waals surface area (Å²) in [5.41, 5.74) is 0.220. The summed E-state index contributed by atoms with van der Waals surface area (Å²) >= 11 is 0. The minimum atomic E-state index is -3.94. The zero-order valence-electron chi connectivity index (χ0n) is 14.5. The maximum absolute atomic E-state index is 12.1. The molecule has 1 heterocycles. The molecule has 2 rings (SSSR count). The fourth-order valence-corrected chi connectivity index (χ4v) is 3.05. The molecule has 0 aliphatic carbocycles. The summed E-state index contributed by atoms with van der Waals surface area (Å²) in [6.07, 6.45) is -0.751. The predicted molar refractivity (Wildman–Crippen MR) is 89.4 cm³/mol. The largest absolute Gasteiger partial charge is 0.444 e.